The van der Waals surface area contributed by atoms with Crippen LogP contribution in [0.3, 0.4) is 0 Å². The van der Waals surface area contributed by atoms with Crippen LogP contribution in [0.5, 0.6) is 0 Å². The van der Waals surface area contributed by atoms with E-state index in [1.54, 1.807) is 6.20 Å². The minimum Gasteiger partial charge on any atom is -0.344 e. The van der Waals surface area contributed by atoms with Gasteiger partial charge in [0.1, 0.15) is 9.71 Å². The van der Waals surface area contributed by atoms with E-state index in [9.17, 15) is 4.79 Å². The summed E-state index contributed by atoms with van der Waals surface area (Å²) in [6.07, 6.45) is 4.95. The fourth-order valence-electron chi connectivity index (χ4n) is 4.44. The molecule has 29 heavy (non-hydrogen) atoms. The number of nitrogens with zero attached hydrogens (tertiary/aromatic N) is 2. The summed E-state index contributed by atoms with van der Waals surface area (Å²) in [6, 6.07) is 16.7. The molecular formula is C24H23N3OS. The number of nitrogens with one attached hydrogen (secondary N) is 1. The number of pyridine rings is 1. The van der Waals surface area contributed by atoms with Crippen LogP contribution in [0.4, 0.5) is 0 Å². The van der Waals surface area contributed by atoms with Gasteiger partial charge in [0, 0.05) is 23.0 Å². The Morgan fingerprint density at radius 3 is 2.72 bits per heavy atom. The number of fused-ring (bicyclic) bond motifs is 2. The molecule has 5 rings (SSSR count). The third-order valence-corrected chi connectivity index (χ3v) is 6.92. The summed E-state index contributed by atoms with van der Waals surface area (Å²) in [5.74, 6) is -0.0165. The van der Waals surface area contributed by atoms with Gasteiger partial charge in [-0.25, -0.2) is 4.98 Å². The molecule has 1 atom stereocenters. The molecule has 1 aromatic carbocycles. The lowest BCUT2D eigenvalue weighted by Gasteiger charge is -2.26. The van der Waals surface area contributed by atoms with E-state index in [1.807, 2.05) is 6.07 Å². The molecule has 146 valence electrons. The Labute approximate surface area is 174 Å². The first kappa shape index (κ1) is 18.1. The van der Waals surface area contributed by atoms with E-state index < -0.39 is 0 Å². The van der Waals surface area contributed by atoms with E-state index in [0.29, 0.717) is 0 Å². The molecule has 0 saturated carbocycles. The standard InChI is InChI=1S/C24H23N3OS/c1-15-12-13-16(2)27(15)21-19-10-6-14-25-24(19)29-22(21)23(28)26-20-11-5-8-17-7-3-4-9-18(17)20/h3-4,6-7,9-10,12-14,20H,5,8,11H2,1-2H3,(H,26,28)/t20-/m1/s1. The summed E-state index contributed by atoms with van der Waals surface area (Å²) in [5.41, 5.74) is 5.77. The molecule has 0 fully saturated rings. The Hall–Kier alpha value is -2.92. The number of carbonyl (C=O) groups is 1. The summed E-state index contributed by atoms with van der Waals surface area (Å²) in [4.78, 5) is 19.6. The summed E-state index contributed by atoms with van der Waals surface area (Å²) >= 11 is 1.47. The monoisotopic (exact) mass is 401 g/mol. The van der Waals surface area contributed by atoms with Crippen LogP contribution < -0.4 is 5.32 Å². The van der Waals surface area contributed by atoms with Crippen LogP contribution in [0, 0.1) is 13.8 Å². The molecule has 0 saturated heterocycles. The van der Waals surface area contributed by atoms with Gasteiger partial charge in [0.2, 0.25) is 0 Å². The first-order valence-corrected chi connectivity index (χ1v) is 10.9. The number of hydrogen-bond donors (Lipinski definition) is 1. The van der Waals surface area contributed by atoms with Gasteiger partial charge in [-0.05, 0) is 68.5 Å². The van der Waals surface area contributed by atoms with E-state index in [1.165, 1.54) is 22.5 Å². The molecule has 1 amide bonds. The molecule has 1 aliphatic carbocycles. The molecule has 3 heterocycles. The highest BCUT2D eigenvalue weighted by atomic mass is 32.1. The maximum atomic E-state index is 13.5. The van der Waals surface area contributed by atoms with Crippen LogP contribution in [-0.2, 0) is 6.42 Å². The number of thiophene rings is 1. The zero-order chi connectivity index (χ0) is 20.0. The van der Waals surface area contributed by atoms with Crippen molar-refractivity contribution in [1.82, 2.24) is 14.9 Å². The Morgan fingerprint density at radius 1 is 1.10 bits per heavy atom. The lowest BCUT2D eigenvalue weighted by Crippen LogP contribution is -2.31. The van der Waals surface area contributed by atoms with Crippen molar-refractivity contribution >= 4 is 27.5 Å². The summed E-state index contributed by atoms with van der Waals surface area (Å²) < 4.78 is 2.17. The largest absolute Gasteiger partial charge is 0.344 e. The van der Waals surface area contributed by atoms with Gasteiger partial charge in [-0.3, -0.25) is 4.79 Å². The topological polar surface area (TPSA) is 46.9 Å². The molecule has 4 aromatic rings. The van der Waals surface area contributed by atoms with Crippen LogP contribution >= 0.6 is 11.3 Å². The molecule has 5 heteroatoms. The number of carbonyl (C=O) groups excluding carboxylic acids is 1. The lowest BCUT2D eigenvalue weighted by atomic mass is 9.88. The van der Waals surface area contributed by atoms with Gasteiger partial charge >= 0.3 is 0 Å². The average Bonchev–Trinajstić information content (AvgIpc) is 3.27. The molecule has 0 unspecified atom stereocenters. The maximum absolute atomic E-state index is 13.5. The van der Waals surface area contributed by atoms with Gasteiger partial charge in [0.05, 0.1) is 11.7 Å². The minimum atomic E-state index is -0.0165. The fraction of sp³-hybridized carbons (Fsp3) is 0.250. The van der Waals surface area contributed by atoms with Crippen molar-refractivity contribution in [2.45, 2.75) is 39.2 Å². The first-order valence-electron chi connectivity index (χ1n) is 10.0. The highest BCUT2D eigenvalue weighted by Gasteiger charge is 2.26. The molecule has 4 nitrogen and oxygen atoms in total. The Balaban J connectivity index is 1.59. The van der Waals surface area contributed by atoms with Crippen LogP contribution in [0.15, 0.2) is 54.7 Å². The molecule has 3 aromatic heterocycles. The molecule has 0 bridgehead atoms. The van der Waals surface area contributed by atoms with Crippen LogP contribution in [0.1, 0.15) is 51.1 Å². The van der Waals surface area contributed by atoms with Crippen LogP contribution in [-0.4, -0.2) is 15.5 Å². The van der Waals surface area contributed by atoms with Gasteiger partial charge in [0.15, 0.2) is 0 Å². The van der Waals surface area contributed by atoms with Crippen molar-refractivity contribution < 1.29 is 4.79 Å². The van der Waals surface area contributed by atoms with E-state index in [2.05, 4.69) is 71.2 Å². The number of benzene rings is 1. The second-order valence-electron chi connectivity index (χ2n) is 7.70. The highest BCUT2D eigenvalue weighted by Crippen LogP contribution is 2.36. The number of amides is 1. The lowest BCUT2D eigenvalue weighted by molar-refractivity contribution is 0.0937. The quantitative estimate of drug-likeness (QED) is 0.492. The predicted molar refractivity (Wildman–Crippen MR) is 118 cm³/mol. The predicted octanol–water partition coefficient (Wildman–Crippen LogP) is 5.51. The molecule has 1 N–H and O–H groups in total. The van der Waals surface area contributed by atoms with Crippen LogP contribution in [0.2, 0.25) is 0 Å². The van der Waals surface area contributed by atoms with Crippen LogP contribution in [0.25, 0.3) is 15.9 Å². The fourth-order valence-corrected chi connectivity index (χ4v) is 5.48. The third kappa shape index (κ3) is 3.06. The second-order valence-corrected chi connectivity index (χ2v) is 8.70. The average molecular weight is 402 g/mol. The van der Waals surface area contributed by atoms with E-state index in [-0.39, 0.29) is 11.9 Å². The summed E-state index contributed by atoms with van der Waals surface area (Å²) in [5, 5.41) is 4.35. The molecule has 0 aliphatic heterocycles. The highest BCUT2D eigenvalue weighted by molar-refractivity contribution is 7.21. The first-order chi connectivity index (χ1) is 14.1. The second kappa shape index (κ2) is 7.16. The normalized spacial score (nSPS) is 16.0. The van der Waals surface area contributed by atoms with Crippen molar-refractivity contribution in [1.29, 1.82) is 0 Å². The number of aryl methyl sites for hydroxylation is 3. The van der Waals surface area contributed by atoms with Gasteiger partial charge in [-0.15, -0.1) is 11.3 Å². The molecule has 1 aliphatic rings. The zero-order valence-electron chi connectivity index (χ0n) is 16.6. The van der Waals surface area contributed by atoms with Gasteiger partial charge < -0.3 is 9.88 Å². The van der Waals surface area contributed by atoms with E-state index in [0.717, 1.165) is 51.4 Å². The van der Waals surface area contributed by atoms with E-state index in [4.69, 9.17) is 0 Å². The Bertz CT molecular complexity index is 1200. The summed E-state index contributed by atoms with van der Waals surface area (Å²) in [7, 11) is 0. The minimum absolute atomic E-state index is 0.0165. The van der Waals surface area contributed by atoms with Crippen molar-refractivity contribution in [2.24, 2.45) is 0 Å². The van der Waals surface area contributed by atoms with Gasteiger partial charge in [0.25, 0.3) is 5.91 Å². The summed E-state index contributed by atoms with van der Waals surface area (Å²) in [6.45, 7) is 4.15. The van der Waals surface area contributed by atoms with Crippen molar-refractivity contribution in [3.05, 3.63) is 82.1 Å². The van der Waals surface area contributed by atoms with Crippen molar-refractivity contribution in [3.8, 4) is 5.69 Å². The molecular weight excluding hydrogens is 378 g/mol. The van der Waals surface area contributed by atoms with E-state index >= 15 is 0 Å². The van der Waals surface area contributed by atoms with Gasteiger partial charge in [-0.2, -0.15) is 0 Å². The Kier molecular flexibility index (Phi) is 4.47. The smallest absolute Gasteiger partial charge is 0.264 e. The number of aromatic nitrogens is 2. The molecule has 0 spiro atoms. The number of rotatable bonds is 3. The third-order valence-electron chi connectivity index (χ3n) is 5.82. The number of hydrogen-bond acceptors (Lipinski definition) is 3. The molecule has 0 radical (unpaired) electrons. The SMILES string of the molecule is Cc1ccc(C)n1-c1c(C(=O)N[C@@H]2CCCc3ccccc32)sc2ncccc12. The van der Waals surface area contributed by atoms with Crippen molar-refractivity contribution in [2.75, 3.05) is 0 Å². The maximum Gasteiger partial charge on any atom is 0.264 e. The van der Waals surface area contributed by atoms with Crippen molar-refractivity contribution in [3.63, 3.8) is 0 Å². The zero-order valence-corrected chi connectivity index (χ0v) is 17.4. The Morgan fingerprint density at radius 2 is 1.90 bits per heavy atom. The van der Waals surface area contributed by atoms with Gasteiger partial charge in [-0.1, -0.05) is 24.3 Å².